The Kier molecular flexibility index (Phi) is 5.99. The van der Waals surface area contributed by atoms with Crippen LogP contribution in [0, 0.1) is 0 Å². The summed E-state index contributed by atoms with van der Waals surface area (Å²) in [5.41, 5.74) is 0.327. The third kappa shape index (κ3) is 4.98. The Hall–Kier alpha value is 0.710. The fraction of sp³-hybridized carbons (Fsp3) is 0.143. The van der Waals surface area contributed by atoms with Crippen LogP contribution in [0.2, 0.25) is 10.0 Å². The van der Waals surface area contributed by atoms with Gasteiger partial charge in [-0.05, 0) is 17.7 Å². The maximum Gasteiger partial charge on any atom is 0.269 e. The van der Waals surface area contributed by atoms with Crippen LogP contribution in [-0.4, -0.2) is 42.5 Å². The van der Waals surface area contributed by atoms with Gasteiger partial charge in [-0.25, -0.2) is 0 Å². The minimum absolute atomic E-state index is 0. The smallest absolute Gasteiger partial charge is 0.269 e. The van der Waals surface area contributed by atoms with E-state index in [0.29, 0.717) is 10.6 Å². The quantitative estimate of drug-likeness (QED) is 0.656. The van der Waals surface area contributed by atoms with E-state index in [-0.39, 0.29) is 34.6 Å². The summed E-state index contributed by atoms with van der Waals surface area (Å²) in [7, 11) is -4.04. The molecule has 0 saturated carbocycles. The van der Waals surface area contributed by atoms with Gasteiger partial charge in [0.05, 0.1) is 0 Å². The van der Waals surface area contributed by atoms with Gasteiger partial charge in [0.25, 0.3) is 10.1 Å². The Labute approximate surface area is 114 Å². The van der Waals surface area contributed by atoms with Crippen LogP contribution < -0.4 is 0 Å². The molecule has 0 bridgehead atoms. The first-order valence-corrected chi connectivity index (χ1v) is 5.64. The van der Waals surface area contributed by atoms with Crippen LogP contribution in [0.5, 0.6) is 0 Å². The van der Waals surface area contributed by atoms with Crippen molar-refractivity contribution >= 4 is 62.9 Å². The molecule has 0 fully saturated rings. The summed E-state index contributed by atoms with van der Waals surface area (Å²) in [5, 5.41) is 0.647. The molecular formula is C7H6Cl2NaO3S. The van der Waals surface area contributed by atoms with Gasteiger partial charge in [-0.15, -0.1) is 0 Å². The zero-order chi connectivity index (χ0) is 10.1. The summed E-state index contributed by atoms with van der Waals surface area (Å²) in [6.07, 6.45) is 0. The first-order chi connectivity index (χ1) is 5.88. The Bertz CT molecular complexity index is 419. The normalized spacial score (nSPS) is 10.8. The minimum Gasteiger partial charge on any atom is -0.285 e. The molecule has 1 rings (SSSR count). The van der Waals surface area contributed by atoms with Gasteiger partial charge in [0.15, 0.2) is 0 Å². The molecule has 0 aliphatic heterocycles. The predicted molar refractivity (Wildman–Crippen MR) is 57.5 cm³/mol. The number of rotatable bonds is 2. The summed E-state index contributed by atoms with van der Waals surface area (Å²) in [6.45, 7) is 0. The van der Waals surface area contributed by atoms with Gasteiger partial charge >= 0.3 is 0 Å². The maximum atomic E-state index is 10.5. The van der Waals surface area contributed by atoms with Crippen molar-refractivity contribution in [3.05, 3.63) is 33.8 Å². The monoisotopic (exact) mass is 263 g/mol. The molecule has 0 saturated heterocycles. The number of halogens is 2. The molecule has 7 heteroatoms. The van der Waals surface area contributed by atoms with Gasteiger partial charge < -0.3 is 0 Å². The van der Waals surface area contributed by atoms with Crippen LogP contribution in [0.4, 0.5) is 0 Å². The van der Waals surface area contributed by atoms with E-state index in [2.05, 4.69) is 0 Å². The third-order valence-electron chi connectivity index (χ3n) is 1.35. The number of hydrogen-bond acceptors (Lipinski definition) is 2. The van der Waals surface area contributed by atoms with Gasteiger partial charge in [0, 0.05) is 39.6 Å². The topological polar surface area (TPSA) is 54.4 Å². The predicted octanol–water partition coefficient (Wildman–Crippen LogP) is 2.00. The van der Waals surface area contributed by atoms with E-state index in [1.807, 2.05) is 0 Å². The minimum atomic E-state index is -4.04. The van der Waals surface area contributed by atoms with E-state index in [4.69, 9.17) is 27.8 Å². The molecule has 0 atom stereocenters. The number of benzene rings is 1. The Morgan fingerprint density at radius 1 is 1.29 bits per heavy atom. The zero-order valence-corrected chi connectivity index (χ0v) is 11.7. The van der Waals surface area contributed by atoms with Crippen LogP contribution in [0.3, 0.4) is 0 Å². The van der Waals surface area contributed by atoms with E-state index in [9.17, 15) is 8.42 Å². The van der Waals surface area contributed by atoms with Crippen LogP contribution >= 0.6 is 23.2 Å². The molecule has 1 radical (unpaired) electrons. The Morgan fingerprint density at radius 2 is 1.86 bits per heavy atom. The zero-order valence-electron chi connectivity index (χ0n) is 7.37. The van der Waals surface area contributed by atoms with Gasteiger partial charge in [-0.1, -0.05) is 29.3 Å². The Balaban J connectivity index is 0.00000169. The van der Waals surface area contributed by atoms with E-state index >= 15 is 0 Å². The molecule has 0 aliphatic carbocycles. The molecule has 73 valence electrons. The van der Waals surface area contributed by atoms with Crippen LogP contribution in [0.25, 0.3) is 0 Å². The van der Waals surface area contributed by atoms with Crippen molar-refractivity contribution in [2.45, 2.75) is 5.75 Å². The summed E-state index contributed by atoms with van der Waals surface area (Å²) >= 11 is 11.3. The molecule has 0 heterocycles. The molecule has 0 aliphatic rings. The van der Waals surface area contributed by atoms with Crippen molar-refractivity contribution in [3.8, 4) is 0 Å². The van der Waals surface area contributed by atoms with E-state index in [1.54, 1.807) is 0 Å². The fourth-order valence-corrected chi connectivity index (χ4v) is 2.03. The standard InChI is InChI=1S/C7H6Cl2O3S.Na/c8-6-2-1-5(7(9)3-6)4-13(10,11)12;/h1-3H,4H2,(H,10,11,12);. The second kappa shape index (κ2) is 5.70. The molecule has 1 aromatic carbocycles. The molecule has 14 heavy (non-hydrogen) atoms. The van der Waals surface area contributed by atoms with Crippen LogP contribution in [0.15, 0.2) is 18.2 Å². The fourth-order valence-electron chi connectivity index (χ4n) is 0.835. The van der Waals surface area contributed by atoms with Crippen molar-refractivity contribution in [1.82, 2.24) is 0 Å². The summed E-state index contributed by atoms with van der Waals surface area (Å²) < 4.78 is 29.5. The van der Waals surface area contributed by atoms with Gasteiger partial charge in [-0.2, -0.15) is 8.42 Å². The van der Waals surface area contributed by atoms with Crippen LogP contribution in [-0.2, 0) is 15.9 Å². The van der Waals surface area contributed by atoms with Crippen LogP contribution in [0.1, 0.15) is 5.56 Å². The third-order valence-corrected chi connectivity index (χ3v) is 2.62. The molecule has 0 spiro atoms. The molecular weight excluding hydrogens is 258 g/mol. The molecule has 0 amide bonds. The molecule has 1 N–H and O–H groups in total. The SMILES string of the molecule is O=S(=O)(O)Cc1ccc(Cl)cc1Cl.[Na]. The van der Waals surface area contributed by atoms with Crippen molar-refractivity contribution in [2.75, 3.05) is 0 Å². The van der Waals surface area contributed by atoms with E-state index in [0.717, 1.165) is 0 Å². The van der Waals surface area contributed by atoms with Gasteiger partial charge in [0.1, 0.15) is 5.75 Å². The second-order valence-corrected chi connectivity index (χ2v) is 4.76. The maximum absolute atomic E-state index is 10.5. The summed E-state index contributed by atoms with van der Waals surface area (Å²) in [5.74, 6) is -0.497. The van der Waals surface area contributed by atoms with E-state index < -0.39 is 15.9 Å². The largest absolute Gasteiger partial charge is 0.285 e. The van der Waals surface area contributed by atoms with Gasteiger partial charge in [-0.3, -0.25) is 4.55 Å². The molecule has 0 unspecified atom stereocenters. The number of hydrogen-bond donors (Lipinski definition) is 1. The first kappa shape index (κ1) is 14.7. The molecule has 0 aromatic heterocycles. The van der Waals surface area contributed by atoms with Crippen molar-refractivity contribution in [2.24, 2.45) is 0 Å². The van der Waals surface area contributed by atoms with E-state index in [1.165, 1.54) is 18.2 Å². The van der Waals surface area contributed by atoms with Crippen molar-refractivity contribution in [3.63, 3.8) is 0 Å². The average Bonchev–Trinajstić information content (AvgIpc) is 1.93. The van der Waals surface area contributed by atoms with Crippen molar-refractivity contribution in [1.29, 1.82) is 0 Å². The molecule has 1 aromatic rings. The Morgan fingerprint density at radius 3 is 2.29 bits per heavy atom. The molecule has 3 nitrogen and oxygen atoms in total. The summed E-state index contributed by atoms with van der Waals surface area (Å²) in [6, 6.07) is 4.38. The second-order valence-electron chi connectivity index (χ2n) is 2.46. The average molecular weight is 264 g/mol. The first-order valence-electron chi connectivity index (χ1n) is 3.27. The summed E-state index contributed by atoms with van der Waals surface area (Å²) in [4.78, 5) is 0. The van der Waals surface area contributed by atoms with Gasteiger partial charge in [0.2, 0.25) is 0 Å². The van der Waals surface area contributed by atoms with Crippen molar-refractivity contribution < 1.29 is 13.0 Å².